The number of H-pyrrole nitrogens is 1. The van der Waals surface area contributed by atoms with Gasteiger partial charge in [-0.2, -0.15) is 0 Å². The Kier molecular flexibility index (Phi) is 3.23. The number of aromatic nitrogens is 2. The number of aromatic amines is 1. The minimum atomic E-state index is -0.327. The zero-order chi connectivity index (χ0) is 14.8. The number of carbonyl (C=O) groups excluding carboxylic acids is 1. The molecule has 5 heteroatoms. The molecule has 2 aromatic heterocycles. The van der Waals surface area contributed by atoms with Crippen LogP contribution in [-0.4, -0.2) is 22.9 Å². The van der Waals surface area contributed by atoms with Gasteiger partial charge >= 0.3 is 0 Å². The fourth-order valence-electron chi connectivity index (χ4n) is 2.18. The molecule has 5 nitrogen and oxygen atoms in total. The molecule has 3 aromatic rings. The Bertz CT molecular complexity index is 870. The van der Waals surface area contributed by atoms with E-state index in [2.05, 4.69) is 9.97 Å². The summed E-state index contributed by atoms with van der Waals surface area (Å²) in [5.41, 5.74) is 0.869. The van der Waals surface area contributed by atoms with Crippen LogP contribution < -0.4 is 10.3 Å². The Labute approximate surface area is 120 Å². The lowest BCUT2D eigenvalue weighted by atomic mass is 10.0. The molecule has 0 amide bonds. The smallest absolute Gasteiger partial charge is 0.249 e. The number of nitrogens with one attached hydrogen (secondary N) is 1. The Morgan fingerprint density at radius 2 is 2.05 bits per heavy atom. The number of carbonyl (C=O) groups is 1. The van der Waals surface area contributed by atoms with Crippen LogP contribution in [0.4, 0.5) is 0 Å². The van der Waals surface area contributed by atoms with Crippen molar-refractivity contribution >= 4 is 16.7 Å². The van der Waals surface area contributed by atoms with Crippen LogP contribution in [0.3, 0.4) is 0 Å². The highest BCUT2D eigenvalue weighted by atomic mass is 16.5. The van der Waals surface area contributed by atoms with E-state index in [9.17, 15) is 9.59 Å². The van der Waals surface area contributed by atoms with E-state index >= 15 is 0 Å². The molecule has 1 N–H and O–H groups in total. The van der Waals surface area contributed by atoms with E-state index in [4.69, 9.17) is 4.74 Å². The van der Waals surface area contributed by atoms with Crippen molar-refractivity contribution in [1.29, 1.82) is 0 Å². The third-order valence-corrected chi connectivity index (χ3v) is 3.19. The summed E-state index contributed by atoms with van der Waals surface area (Å²) in [4.78, 5) is 31.0. The Morgan fingerprint density at radius 3 is 2.76 bits per heavy atom. The summed E-state index contributed by atoms with van der Waals surface area (Å²) in [5, 5.41) is 0.629. The number of hydrogen-bond donors (Lipinski definition) is 1. The van der Waals surface area contributed by atoms with Crippen LogP contribution in [-0.2, 0) is 0 Å². The number of fused-ring (bicyclic) bond motifs is 1. The zero-order valence-electron chi connectivity index (χ0n) is 11.3. The number of hydrogen-bond acceptors (Lipinski definition) is 4. The largest absolute Gasteiger partial charge is 0.497 e. The van der Waals surface area contributed by atoms with Gasteiger partial charge in [0.1, 0.15) is 11.4 Å². The molecule has 0 bridgehead atoms. The van der Waals surface area contributed by atoms with Crippen molar-refractivity contribution in [3.05, 3.63) is 70.3 Å². The third-order valence-electron chi connectivity index (χ3n) is 3.19. The van der Waals surface area contributed by atoms with Crippen LogP contribution in [0.2, 0.25) is 0 Å². The molecule has 0 saturated heterocycles. The van der Waals surface area contributed by atoms with Gasteiger partial charge in [-0.15, -0.1) is 0 Å². The van der Waals surface area contributed by atoms with Gasteiger partial charge in [0.2, 0.25) is 11.3 Å². The van der Waals surface area contributed by atoms with Crippen LogP contribution in [0, 0.1) is 0 Å². The number of nitrogens with zero attached hydrogens (tertiary/aromatic N) is 1. The lowest BCUT2D eigenvalue weighted by Gasteiger charge is -2.07. The quantitative estimate of drug-likeness (QED) is 0.746. The van der Waals surface area contributed by atoms with Gasteiger partial charge in [0.15, 0.2) is 0 Å². The first kappa shape index (κ1) is 13.1. The molecule has 0 atom stereocenters. The highest BCUT2D eigenvalue weighted by Gasteiger charge is 2.15. The van der Waals surface area contributed by atoms with Gasteiger partial charge in [-0.1, -0.05) is 6.07 Å². The van der Waals surface area contributed by atoms with Crippen LogP contribution in [0.1, 0.15) is 16.1 Å². The van der Waals surface area contributed by atoms with Crippen LogP contribution in [0.25, 0.3) is 10.9 Å². The van der Waals surface area contributed by atoms with Gasteiger partial charge in [0, 0.05) is 28.7 Å². The van der Waals surface area contributed by atoms with Crippen molar-refractivity contribution in [2.75, 3.05) is 7.11 Å². The SMILES string of the molecule is COc1ccc2[nH]c(=O)cc(C(=O)c3ccccn3)c2c1. The van der Waals surface area contributed by atoms with Crippen molar-refractivity contribution in [3.8, 4) is 5.75 Å². The summed E-state index contributed by atoms with van der Waals surface area (Å²) < 4.78 is 5.17. The first-order valence-corrected chi connectivity index (χ1v) is 6.36. The maximum absolute atomic E-state index is 12.6. The number of methoxy groups -OCH3 is 1. The minimum Gasteiger partial charge on any atom is -0.497 e. The standard InChI is InChI=1S/C16H12N2O3/c1-21-10-5-6-13-11(8-10)12(9-15(19)18-13)16(20)14-4-2-3-7-17-14/h2-9H,1H3,(H,18,19). The van der Waals surface area contributed by atoms with Crippen molar-refractivity contribution < 1.29 is 9.53 Å². The van der Waals surface area contributed by atoms with E-state index in [-0.39, 0.29) is 11.3 Å². The van der Waals surface area contributed by atoms with Crippen LogP contribution in [0.15, 0.2) is 53.5 Å². The summed E-state index contributed by atoms with van der Waals surface area (Å²) in [6.45, 7) is 0. The molecule has 0 spiro atoms. The van der Waals surface area contributed by atoms with E-state index < -0.39 is 0 Å². The second-order valence-corrected chi connectivity index (χ2v) is 4.50. The first-order chi connectivity index (χ1) is 10.2. The van der Waals surface area contributed by atoms with E-state index in [0.717, 1.165) is 0 Å². The fourth-order valence-corrected chi connectivity index (χ4v) is 2.18. The molecule has 1 aromatic carbocycles. The minimum absolute atomic E-state index is 0.292. The summed E-state index contributed by atoms with van der Waals surface area (Å²) in [7, 11) is 1.55. The van der Waals surface area contributed by atoms with Crippen molar-refractivity contribution in [3.63, 3.8) is 0 Å². The normalized spacial score (nSPS) is 10.5. The van der Waals surface area contributed by atoms with Gasteiger partial charge in [0.05, 0.1) is 7.11 Å². The second kappa shape index (κ2) is 5.20. The Balaban J connectivity index is 2.26. The highest BCUT2D eigenvalue weighted by Crippen LogP contribution is 2.22. The third kappa shape index (κ3) is 2.41. The lowest BCUT2D eigenvalue weighted by molar-refractivity contribution is 0.103. The molecule has 0 aliphatic rings. The first-order valence-electron chi connectivity index (χ1n) is 6.36. The van der Waals surface area contributed by atoms with Crippen molar-refractivity contribution in [2.45, 2.75) is 0 Å². The Morgan fingerprint density at radius 1 is 1.19 bits per heavy atom. The van der Waals surface area contributed by atoms with Gasteiger partial charge in [-0.3, -0.25) is 14.6 Å². The summed E-state index contributed by atoms with van der Waals surface area (Å²) in [6.07, 6.45) is 1.54. The average Bonchev–Trinajstić information content (AvgIpc) is 2.53. The molecular formula is C16H12N2O3. The van der Waals surface area contributed by atoms with Crippen molar-refractivity contribution in [1.82, 2.24) is 9.97 Å². The van der Waals surface area contributed by atoms with E-state index in [1.165, 1.54) is 6.07 Å². The van der Waals surface area contributed by atoms with Crippen LogP contribution >= 0.6 is 0 Å². The molecule has 3 rings (SSSR count). The number of benzene rings is 1. The average molecular weight is 280 g/mol. The van der Waals surface area contributed by atoms with E-state index in [1.807, 2.05) is 0 Å². The summed E-state index contributed by atoms with van der Waals surface area (Å²) in [6, 6.07) is 11.5. The second-order valence-electron chi connectivity index (χ2n) is 4.50. The predicted molar refractivity (Wildman–Crippen MR) is 78.8 cm³/mol. The molecule has 2 heterocycles. The summed E-state index contributed by atoms with van der Waals surface area (Å²) in [5.74, 6) is 0.324. The maximum atomic E-state index is 12.6. The van der Waals surface area contributed by atoms with Gasteiger partial charge in [0.25, 0.3) is 0 Å². The van der Waals surface area contributed by atoms with Gasteiger partial charge in [-0.25, -0.2) is 0 Å². The zero-order valence-corrected chi connectivity index (χ0v) is 11.3. The molecule has 0 fully saturated rings. The molecule has 21 heavy (non-hydrogen) atoms. The van der Waals surface area contributed by atoms with Gasteiger partial charge < -0.3 is 9.72 Å². The predicted octanol–water partition coefficient (Wildman–Crippen LogP) is 2.16. The molecule has 104 valence electrons. The molecule has 0 saturated carbocycles. The molecule has 0 radical (unpaired) electrons. The number of rotatable bonds is 3. The molecular weight excluding hydrogens is 268 g/mol. The number of ketones is 1. The Hall–Kier alpha value is -2.95. The molecule has 0 aliphatic carbocycles. The highest BCUT2D eigenvalue weighted by molar-refractivity contribution is 6.15. The topological polar surface area (TPSA) is 72.1 Å². The van der Waals surface area contributed by atoms with E-state index in [1.54, 1.807) is 49.7 Å². The number of pyridine rings is 2. The molecule has 0 unspecified atom stereocenters. The monoisotopic (exact) mass is 280 g/mol. The molecule has 0 aliphatic heterocycles. The van der Waals surface area contributed by atoms with E-state index in [0.29, 0.717) is 27.9 Å². The maximum Gasteiger partial charge on any atom is 0.249 e. The van der Waals surface area contributed by atoms with Gasteiger partial charge in [-0.05, 0) is 30.3 Å². The fraction of sp³-hybridized carbons (Fsp3) is 0.0625. The number of ether oxygens (including phenoxy) is 1. The van der Waals surface area contributed by atoms with Crippen molar-refractivity contribution in [2.24, 2.45) is 0 Å². The summed E-state index contributed by atoms with van der Waals surface area (Å²) >= 11 is 0. The lowest BCUT2D eigenvalue weighted by Crippen LogP contribution is -2.12. The van der Waals surface area contributed by atoms with Crippen LogP contribution in [0.5, 0.6) is 5.75 Å².